The van der Waals surface area contributed by atoms with E-state index in [9.17, 15) is 10.1 Å². The van der Waals surface area contributed by atoms with Crippen molar-refractivity contribution in [2.75, 3.05) is 36.5 Å². The smallest absolute Gasteiger partial charge is 0.266 e. The number of halogens is 2. The van der Waals surface area contributed by atoms with E-state index in [0.717, 1.165) is 13.1 Å². The summed E-state index contributed by atoms with van der Waals surface area (Å²) in [5.74, 6) is -0.0111. The summed E-state index contributed by atoms with van der Waals surface area (Å²) in [5.41, 5.74) is 0.763. The van der Waals surface area contributed by atoms with Crippen LogP contribution in [-0.2, 0) is 9.53 Å². The van der Waals surface area contributed by atoms with Crippen molar-refractivity contribution < 1.29 is 9.53 Å². The first-order chi connectivity index (χ1) is 13.1. The van der Waals surface area contributed by atoms with Crippen molar-refractivity contribution in [1.29, 1.82) is 5.26 Å². The summed E-state index contributed by atoms with van der Waals surface area (Å²) < 4.78 is 5.30. The van der Waals surface area contributed by atoms with Crippen molar-refractivity contribution in [3.8, 4) is 6.07 Å². The number of hydrogen-bond acceptors (Lipinski definition) is 6. The molecule has 1 aliphatic heterocycles. The van der Waals surface area contributed by atoms with Crippen LogP contribution in [0.1, 0.15) is 5.56 Å². The first-order valence-corrected chi connectivity index (χ1v) is 8.85. The lowest BCUT2D eigenvalue weighted by atomic mass is 10.2. The highest BCUT2D eigenvalue weighted by Gasteiger charge is 2.15. The molecule has 1 saturated heterocycles. The number of nitrogens with zero attached hydrogens (tertiary/aromatic N) is 4. The molecule has 1 aliphatic rings. The Labute approximate surface area is 166 Å². The molecule has 1 aromatic carbocycles. The molecule has 0 unspecified atom stereocenters. The summed E-state index contributed by atoms with van der Waals surface area (Å²) in [6, 6.07) is 6.55. The molecule has 0 saturated carbocycles. The van der Waals surface area contributed by atoms with Crippen LogP contribution in [0.5, 0.6) is 0 Å². The molecule has 2 heterocycles. The van der Waals surface area contributed by atoms with Gasteiger partial charge >= 0.3 is 0 Å². The van der Waals surface area contributed by atoms with Crippen LogP contribution >= 0.6 is 23.2 Å². The number of aromatic nitrogens is 2. The van der Waals surface area contributed by atoms with Gasteiger partial charge in [-0.1, -0.05) is 23.2 Å². The molecule has 1 N–H and O–H groups in total. The van der Waals surface area contributed by atoms with Gasteiger partial charge in [-0.25, -0.2) is 9.97 Å². The number of rotatable bonds is 4. The van der Waals surface area contributed by atoms with E-state index >= 15 is 0 Å². The Bertz CT molecular complexity index is 903. The van der Waals surface area contributed by atoms with Crippen molar-refractivity contribution in [3.05, 3.63) is 51.8 Å². The molecular formula is C18H15Cl2N5O2. The summed E-state index contributed by atoms with van der Waals surface area (Å²) in [6.07, 6.45) is 4.54. The van der Waals surface area contributed by atoms with Crippen molar-refractivity contribution in [2.24, 2.45) is 0 Å². The maximum absolute atomic E-state index is 12.4. The molecule has 0 radical (unpaired) electrons. The standard InChI is InChI=1S/C18H15Cl2N5O2/c19-14-1-2-15(20)16(8-14)24-17(26)13(9-21)7-12-10-22-18(23-11-12)25-3-5-27-6-4-25/h1-2,7-8,10-11H,3-6H2,(H,24,26)/b13-7-. The van der Waals surface area contributed by atoms with Gasteiger partial charge in [0.25, 0.3) is 5.91 Å². The van der Waals surface area contributed by atoms with Gasteiger partial charge in [-0.3, -0.25) is 4.79 Å². The summed E-state index contributed by atoms with van der Waals surface area (Å²) >= 11 is 11.9. The fraction of sp³-hybridized carbons (Fsp3) is 0.222. The fourth-order valence-corrected chi connectivity index (χ4v) is 2.77. The lowest BCUT2D eigenvalue weighted by molar-refractivity contribution is -0.112. The van der Waals surface area contributed by atoms with E-state index in [1.165, 1.54) is 12.1 Å². The van der Waals surface area contributed by atoms with Crippen LogP contribution in [0.3, 0.4) is 0 Å². The maximum Gasteiger partial charge on any atom is 0.266 e. The molecule has 3 rings (SSSR count). The Balaban J connectivity index is 1.74. The summed E-state index contributed by atoms with van der Waals surface area (Å²) in [6.45, 7) is 2.72. The van der Waals surface area contributed by atoms with Crippen LogP contribution in [-0.4, -0.2) is 42.2 Å². The first-order valence-electron chi connectivity index (χ1n) is 8.10. The largest absolute Gasteiger partial charge is 0.378 e. The zero-order valence-corrected chi connectivity index (χ0v) is 15.7. The Kier molecular flexibility index (Phi) is 6.24. The fourth-order valence-electron chi connectivity index (χ4n) is 2.43. The number of anilines is 2. The van der Waals surface area contributed by atoms with E-state index in [1.807, 2.05) is 11.0 Å². The van der Waals surface area contributed by atoms with E-state index in [4.69, 9.17) is 27.9 Å². The summed E-state index contributed by atoms with van der Waals surface area (Å²) in [5, 5.41) is 12.6. The number of hydrogen-bond donors (Lipinski definition) is 1. The predicted octanol–water partition coefficient (Wildman–Crippen LogP) is 3.17. The van der Waals surface area contributed by atoms with Gasteiger partial charge in [0.15, 0.2) is 0 Å². The molecule has 1 amide bonds. The minimum absolute atomic E-state index is 0.103. The number of nitriles is 1. The van der Waals surface area contributed by atoms with E-state index in [0.29, 0.717) is 40.5 Å². The Morgan fingerprint density at radius 2 is 1.96 bits per heavy atom. The SMILES string of the molecule is N#C/C(=C/c1cnc(N2CCOCC2)nc1)C(=O)Nc1cc(Cl)ccc1Cl. The van der Waals surface area contributed by atoms with Gasteiger partial charge in [0.2, 0.25) is 5.95 Å². The Morgan fingerprint density at radius 1 is 1.26 bits per heavy atom. The number of carbonyl (C=O) groups excluding carboxylic acids is 1. The monoisotopic (exact) mass is 403 g/mol. The van der Waals surface area contributed by atoms with Crippen LogP contribution in [0.2, 0.25) is 10.0 Å². The maximum atomic E-state index is 12.4. The average molecular weight is 404 g/mol. The lowest BCUT2D eigenvalue weighted by Gasteiger charge is -2.26. The topological polar surface area (TPSA) is 91.1 Å². The molecule has 0 atom stereocenters. The Morgan fingerprint density at radius 3 is 2.63 bits per heavy atom. The second-order valence-corrected chi connectivity index (χ2v) is 6.51. The van der Waals surface area contributed by atoms with Crippen LogP contribution < -0.4 is 10.2 Å². The van der Waals surface area contributed by atoms with Crippen molar-refractivity contribution in [2.45, 2.75) is 0 Å². The van der Waals surface area contributed by atoms with Gasteiger partial charge in [-0.05, 0) is 24.3 Å². The van der Waals surface area contributed by atoms with Crippen molar-refractivity contribution in [1.82, 2.24) is 9.97 Å². The van der Waals surface area contributed by atoms with E-state index in [2.05, 4.69) is 15.3 Å². The van der Waals surface area contributed by atoms with Crippen LogP contribution in [0.4, 0.5) is 11.6 Å². The molecule has 0 spiro atoms. The molecule has 0 bridgehead atoms. The molecule has 1 fully saturated rings. The average Bonchev–Trinajstić information content (AvgIpc) is 2.70. The molecule has 27 heavy (non-hydrogen) atoms. The van der Waals surface area contributed by atoms with Gasteiger partial charge in [-0.2, -0.15) is 5.26 Å². The third-order valence-corrected chi connectivity index (χ3v) is 4.37. The molecule has 2 aromatic rings. The van der Waals surface area contributed by atoms with E-state index in [-0.39, 0.29) is 5.57 Å². The van der Waals surface area contributed by atoms with Gasteiger partial charge < -0.3 is 15.0 Å². The number of ether oxygens (including phenoxy) is 1. The highest BCUT2D eigenvalue weighted by Crippen LogP contribution is 2.26. The van der Waals surface area contributed by atoms with Crippen LogP contribution in [0.25, 0.3) is 6.08 Å². The van der Waals surface area contributed by atoms with Crippen LogP contribution in [0, 0.1) is 11.3 Å². The summed E-state index contributed by atoms with van der Waals surface area (Å²) in [7, 11) is 0. The third-order valence-electron chi connectivity index (χ3n) is 3.80. The minimum Gasteiger partial charge on any atom is -0.378 e. The zero-order chi connectivity index (χ0) is 19.2. The second kappa shape index (κ2) is 8.82. The number of nitrogens with one attached hydrogen (secondary N) is 1. The van der Waals surface area contributed by atoms with Gasteiger partial charge in [0.1, 0.15) is 11.6 Å². The van der Waals surface area contributed by atoms with Gasteiger partial charge in [-0.15, -0.1) is 0 Å². The molecule has 0 aliphatic carbocycles. The van der Waals surface area contributed by atoms with Crippen LogP contribution in [0.15, 0.2) is 36.2 Å². The first kappa shape index (κ1) is 19.1. The summed E-state index contributed by atoms with van der Waals surface area (Å²) in [4.78, 5) is 23.0. The molecular weight excluding hydrogens is 389 g/mol. The minimum atomic E-state index is -0.598. The second-order valence-electron chi connectivity index (χ2n) is 5.66. The van der Waals surface area contributed by atoms with Crippen molar-refractivity contribution in [3.63, 3.8) is 0 Å². The number of morpholine rings is 1. The van der Waals surface area contributed by atoms with Gasteiger partial charge in [0, 0.05) is 36.1 Å². The van der Waals surface area contributed by atoms with E-state index < -0.39 is 5.91 Å². The third kappa shape index (κ3) is 4.95. The van der Waals surface area contributed by atoms with Crippen molar-refractivity contribution >= 4 is 46.8 Å². The Hall–Kier alpha value is -2.66. The molecule has 9 heteroatoms. The molecule has 1 aromatic heterocycles. The molecule has 7 nitrogen and oxygen atoms in total. The normalized spacial score (nSPS) is 14.6. The predicted molar refractivity (Wildman–Crippen MR) is 104 cm³/mol. The van der Waals surface area contributed by atoms with Gasteiger partial charge in [0.05, 0.1) is 23.9 Å². The lowest BCUT2D eigenvalue weighted by Crippen LogP contribution is -2.37. The highest BCUT2D eigenvalue weighted by atomic mass is 35.5. The number of carbonyl (C=O) groups is 1. The van der Waals surface area contributed by atoms with E-state index in [1.54, 1.807) is 24.5 Å². The highest BCUT2D eigenvalue weighted by molar-refractivity contribution is 6.36. The quantitative estimate of drug-likeness (QED) is 0.622. The molecule has 138 valence electrons. The zero-order valence-electron chi connectivity index (χ0n) is 14.2. The number of amides is 1. The number of benzene rings is 1.